The second-order valence-electron chi connectivity index (χ2n) is 3.29. The molecule has 0 bridgehead atoms. The summed E-state index contributed by atoms with van der Waals surface area (Å²) in [5.41, 5.74) is 0.470. The normalized spacial score (nSPS) is 9.71. The van der Waals surface area contributed by atoms with Crippen LogP contribution in [0.15, 0.2) is 42.5 Å². The molecule has 0 aliphatic heterocycles. The summed E-state index contributed by atoms with van der Waals surface area (Å²) in [5, 5.41) is 8.60. The van der Waals surface area contributed by atoms with Gasteiger partial charge in [0.05, 0.1) is 11.6 Å². The number of hydrogen-bond acceptors (Lipinski definition) is 2. The van der Waals surface area contributed by atoms with E-state index in [-0.39, 0.29) is 5.75 Å². The number of nitriles is 1. The van der Waals surface area contributed by atoms with Gasteiger partial charge < -0.3 is 4.74 Å². The van der Waals surface area contributed by atoms with Gasteiger partial charge in [-0.15, -0.1) is 0 Å². The van der Waals surface area contributed by atoms with Gasteiger partial charge in [-0.25, -0.2) is 4.39 Å². The second kappa shape index (κ2) is 4.62. The smallest absolute Gasteiger partial charge is 0.201 e. The van der Waals surface area contributed by atoms with Crippen LogP contribution in [0.3, 0.4) is 0 Å². The van der Waals surface area contributed by atoms with Gasteiger partial charge in [0.15, 0.2) is 11.6 Å². The molecule has 17 heavy (non-hydrogen) atoms. The number of hydrogen-bond donors (Lipinski definition) is 0. The van der Waals surface area contributed by atoms with E-state index < -0.39 is 11.6 Å². The molecule has 84 valence electrons. The highest BCUT2D eigenvalue weighted by atomic mass is 19.2. The fourth-order valence-corrected chi connectivity index (χ4v) is 1.29. The van der Waals surface area contributed by atoms with Crippen molar-refractivity contribution in [3.63, 3.8) is 0 Å². The summed E-state index contributed by atoms with van der Waals surface area (Å²) < 4.78 is 31.3. The zero-order valence-corrected chi connectivity index (χ0v) is 8.65. The summed E-state index contributed by atoms with van der Waals surface area (Å²) >= 11 is 0. The van der Waals surface area contributed by atoms with Crippen molar-refractivity contribution in [3.05, 3.63) is 59.7 Å². The third-order valence-corrected chi connectivity index (χ3v) is 2.13. The minimum Gasteiger partial charge on any atom is -0.454 e. The van der Waals surface area contributed by atoms with Crippen molar-refractivity contribution >= 4 is 0 Å². The summed E-state index contributed by atoms with van der Waals surface area (Å²) in [4.78, 5) is 0. The van der Waals surface area contributed by atoms with Gasteiger partial charge in [0, 0.05) is 0 Å². The van der Waals surface area contributed by atoms with E-state index >= 15 is 0 Å². The van der Waals surface area contributed by atoms with Gasteiger partial charge in [-0.2, -0.15) is 9.65 Å². The van der Waals surface area contributed by atoms with Gasteiger partial charge in [0.1, 0.15) is 5.75 Å². The Morgan fingerprint density at radius 3 is 2.35 bits per heavy atom. The molecule has 0 saturated carbocycles. The Kier molecular flexibility index (Phi) is 3.01. The van der Waals surface area contributed by atoms with Crippen molar-refractivity contribution in [1.82, 2.24) is 0 Å². The average Bonchev–Trinajstić information content (AvgIpc) is 2.36. The van der Waals surface area contributed by atoms with Crippen molar-refractivity contribution in [1.29, 1.82) is 5.26 Å². The first-order valence-corrected chi connectivity index (χ1v) is 4.83. The van der Waals surface area contributed by atoms with Crippen LogP contribution in [0, 0.1) is 23.0 Å². The monoisotopic (exact) mass is 231 g/mol. The van der Waals surface area contributed by atoms with Crippen LogP contribution in [0.1, 0.15) is 5.56 Å². The largest absolute Gasteiger partial charge is 0.454 e. The Hall–Kier alpha value is -2.41. The van der Waals surface area contributed by atoms with Crippen LogP contribution < -0.4 is 4.74 Å². The van der Waals surface area contributed by atoms with Crippen molar-refractivity contribution in [2.45, 2.75) is 0 Å². The Morgan fingerprint density at radius 2 is 1.71 bits per heavy atom. The molecule has 0 heterocycles. The minimum atomic E-state index is -1.03. The van der Waals surface area contributed by atoms with Crippen LogP contribution in [0.5, 0.6) is 11.5 Å². The average molecular weight is 231 g/mol. The van der Waals surface area contributed by atoms with E-state index in [1.54, 1.807) is 0 Å². The summed E-state index contributed by atoms with van der Waals surface area (Å²) in [6, 6.07) is 11.8. The quantitative estimate of drug-likeness (QED) is 0.790. The molecule has 0 N–H and O–H groups in total. The van der Waals surface area contributed by atoms with Crippen LogP contribution in [0.2, 0.25) is 0 Å². The molecule has 2 aromatic carbocycles. The van der Waals surface area contributed by atoms with E-state index in [0.717, 1.165) is 6.07 Å². The van der Waals surface area contributed by atoms with E-state index in [0.29, 0.717) is 11.3 Å². The predicted octanol–water partition coefficient (Wildman–Crippen LogP) is 3.63. The Labute approximate surface area is 96.7 Å². The third-order valence-electron chi connectivity index (χ3n) is 2.13. The van der Waals surface area contributed by atoms with Gasteiger partial charge in [-0.05, 0) is 36.4 Å². The molecule has 2 aromatic rings. The van der Waals surface area contributed by atoms with Gasteiger partial charge in [0.2, 0.25) is 5.82 Å². The molecule has 0 fully saturated rings. The maximum Gasteiger partial charge on any atom is 0.201 e. The molecule has 0 atom stereocenters. The fraction of sp³-hybridized carbons (Fsp3) is 0. The van der Waals surface area contributed by atoms with Crippen molar-refractivity contribution in [3.8, 4) is 17.6 Å². The molecule has 0 spiro atoms. The number of benzene rings is 2. The summed E-state index contributed by atoms with van der Waals surface area (Å²) in [7, 11) is 0. The number of ether oxygens (including phenoxy) is 1. The lowest BCUT2D eigenvalue weighted by Gasteiger charge is -2.06. The highest BCUT2D eigenvalue weighted by Gasteiger charge is 2.09. The van der Waals surface area contributed by atoms with E-state index in [9.17, 15) is 8.78 Å². The zero-order valence-electron chi connectivity index (χ0n) is 8.65. The van der Waals surface area contributed by atoms with Gasteiger partial charge in [-0.3, -0.25) is 0 Å². The van der Waals surface area contributed by atoms with Gasteiger partial charge in [-0.1, -0.05) is 6.07 Å². The predicted molar refractivity (Wildman–Crippen MR) is 57.6 cm³/mol. The maximum atomic E-state index is 13.3. The standard InChI is InChI=1S/C13H7F2NO/c14-11-2-1-3-12(13(11)15)17-10-6-4-9(8-16)5-7-10/h1-7H. The van der Waals surface area contributed by atoms with E-state index in [1.807, 2.05) is 6.07 Å². The maximum absolute atomic E-state index is 13.3. The zero-order chi connectivity index (χ0) is 12.3. The molecule has 0 radical (unpaired) electrons. The molecule has 0 saturated heterocycles. The van der Waals surface area contributed by atoms with Crippen LogP contribution in [0.4, 0.5) is 8.78 Å². The highest BCUT2D eigenvalue weighted by Crippen LogP contribution is 2.25. The lowest BCUT2D eigenvalue weighted by atomic mass is 10.2. The van der Waals surface area contributed by atoms with Gasteiger partial charge >= 0.3 is 0 Å². The fourth-order valence-electron chi connectivity index (χ4n) is 1.29. The topological polar surface area (TPSA) is 33.0 Å². The lowest BCUT2D eigenvalue weighted by Crippen LogP contribution is -1.91. The van der Waals surface area contributed by atoms with Crippen LogP contribution in [-0.4, -0.2) is 0 Å². The first-order valence-electron chi connectivity index (χ1n) is 4.83. The third kappa shape index (κ3) is 2.40. The molecule has 2 rings (SSSR count). The Balaban J connectivity index is 2.26. The number of nitrogens with zero attached hydrogens (tertiary/aromatic N) is 1. The van der Waals surface area contributed by atoms with Crippen molar-refractivity contribution < 1.29 is 13.5 Å². The summed E-state index contributed by atoms with van der Waals surface area (Å²) in [6.45, 7) is 0. The molecular formula is C13H7F2NO. The number of halogens is 2. The van der Waals surface area contributed by atoms with Crippen molar-refractivity contribution in [2.24, 2.45) is 0 Å². The van der Waals surface area contributed by atoms with Crippen LogP contribution in [-0.2, 0) is 0 Å². The molecule has 4 heteroatoms. The summed E-state index contributed by atoms with van der Waals surface area (Å²) in [6.07, 6.45) is 0. The first kappa shape index (κ1) is 11.1. The molecule has 2 nitrogen and oxygen atoms in total. The number of rotatable bonds is 2. The molecule has 0 aliphatic rings. The molecule has 0 amide bonds. The second-order valence-corrected chi connectivity index (χ2v) is 3.29. The van der Waals surface area contributed by atoms with Crippen LogP contribution in [0.25, 0.3) is 0 Å². The SMILES string of the molecule is N#Cc1ccc(Oc2cccc(F)c2F)cc1. The lowest BCUT2D eigenvalue weighted by molar-refractivity contribution is 0.416. The molecule has 0 aliphatic carbocycles. The molecule has 0 unspecified atom stereocenters. The first-order chi connectivity index (χ1) is 8.20. The molecular weight excluding hydrogens is 224 g/mol. The highest BCUT2D eigenvalue weighted by molar-refractivity contribution is 5.37. The summed E-state index contributed by atoms with van der Waals surface area (Å²) in [5.74, 6) is -1.84. The molecule has 0 aromatic heterocycles. The minimum absolute atomic E-state index is 0.185. The van der Waals surface area contributed by atoms with Crippen molar-refractivity contribution in [2.75, 3.05) is 0 Å². The van der Waals surface area contributed by atoms with E-state index in [4.69, 9.17) is 10.00 Å². The van der Waals surface area contributed by atoms with Gasteiger partial charge in [0.25, 0.3) is 0 Å². The Morgan fingerprint density at radius 1 is 1.00 bits per heavy atom. The Bertz CT molecular complexity index is 573. The van der Waals surface area contributed by atoms with E-state index in [2.05, 4.69) is 0 Å². The van der Waals surface area contributed by atoms with Crippen LogP contribution >= 0.6 is 0 Å². The van der Waals surface area contributed by atoms with E-state index in [1.165, 1.54) is 36.4 Å².